The highest BCUT2D eigenvalue weighted by Crippen LogP contribution is 2.40. The zero-order valence-corrected chi connectivity index (χ0v) is 12.5. The van der Waals surface area contributed by atoms with Gasteiger partial charge in [-0.2, -0.15) is 0 Å². The molecule has 4 heteroatoms. The molecular formula is C14H16Cl3N. The summed E-state index contributed by atoms with van der Waals surface area (Å²) in [5.41, 5.74) is 2.48. The van der Waals surface area contributed by atoms with Crippen molar-refractivity contribution in [3.05, 3.63) is 39.9 Å². The van der Waals surface area contributed by atoms with Crippen LogP contribution in [0.3, 0.4) is 0 Å². The second-order valence-corrected chi connectivity index (χ2v) is 5.75. The van der Waals surface area contributed by atoms with E-state index in [0.29, 0.717) is 22.1 Å². The number of nitrogens with zero attached hydrogens (tertiary/aromatic N) is 1. The highest BCUT2D eigenvalue weighted by molar-refractivity contribution is 6.43. The molecule has 0 aliphatic carbocycles. The Labute approximate surface area is 124 Å². The fourth-order valence-electron chi connectivity index (χ4n) is 2.99. The van der Waals surface area contributed by atoms with Gasteiger partial charge in [0.05, 0.1) is 10.0 Å². The van der Waals surface area contributed by atoms with E-state index in [-0.39, 0.29) is 12.4 Å². The maximum Gasteiger partial charge on any atom is 0.0667 e. The summed E-state index contributed by atoms with van der Waals surface area (Å²) in [6.45, 7) is 0. The number of halogens is 3. The minimum Gasteiger partial charge on any atom is -0.297 e. The Bertz CT molecular complexity index is 484. The highest BCUT2D eigenvalue weighted by atomic mass is 35.5. The summed E-state index contributed by atoms with van der Waals surface area (Å²) in [5, 5.41) is 1.35. The quantitative estimate of drug-likeness (QED) is 0.729. The first-order valence-corrected chi connectivity index (χ1v) is 6.79. The largest absolute Gasteiger partial charge is 0.297 e. The summed E-state index contributed by atoms with van der Waals surface area (Å²) in [6.07, 6.45) is 6.01. The molecule has 2 aliphatic heterocycles. The predicted octanol–water partition coefficient (Wildman–Crippen LogP) is 4.67. The molecule has 98 valence electrons. The lowest BCUT2D eigenvalue weighted by Gasteiger charge is -2.30. The van der Waals surface area contributed by atoms with E-state index in [1.165, 1.54) is 18.4 Å². The van der Waals surface area contributed by atoms with Crippen molar-refractivity contribution < 1.29 is 0 Å². The first-order valence-electron chi connectivity index (χ1n) is 6.04. The second kappa shape index (κ2) is 5.42. The van der Waals surface area contributed by atoms with Gasteiger partial charge >= 0.3 is 0 Å². The van der Waals surface area contributed by atoms with Crippen LogP contribution in [-0.2, 0) is 0 Å². The lowest BCUT2D eigenvalue weighted by Crippen LogP contribution is -2.34. The molecule has 1 saturated heterocycles. The van der Waals surface area contributed by atoms with E-state index >= 15 is 0 Å². The number of rotatable bonds is 1. The molecule has 2 atom stereocenters. The van der Waals surface area contributed by atoms with Gasteiger partial charge in [0.25, 0.3) is 0 Å². The lowest BCUT2D eigenvalue weighted by molar-refractivity contribution is 0.264. The van der Waals surface area contributed by atoms with Crippen molar-refractivity contribution in [3.63, 3.8) is 0 Å². The van der Waals surface area contributed by atoms with Crippen LogP contribution in [0, 0.1) is 0 Å². The van der Waals surface area contributed by atoms with Crippen LogP contribution >= 0.6 is 35.6 Å². The van der Waals surface area contributed by atoms with E-state index in [0.717, 1.165) is 12.0 Å². The van der Waals surface area contributed by atoms with Crippen LogP contribution in [0.25, 0.3) is 5.57 Å². The lowest BCUT2D eigenvalue weighted by atomic mass is 9.95. The molecule has 1 fully saturated rings. The minimum absolute atomic E-state index is 0. The van der Waals surface area contributed by atoms with Crippen molar-refractivity contribution in [1.29, 1.82) is 0 Å². The third-order valence-corrected chi connectivity index (χ3v) is 4.86. The summed E-state index contributed by atoms with van der Waals surface area (Å²) in [5.74, 6) is 0. The fraction of sp³-hybridized carbons (Fsp3) is 0.429. The van der Waals surface area contributed by atoms with Crippen LogP contribution < -0.4 is 0 Å². The van der Waals surface area contributed by atoms with Crippen LogP contribution in [0.4, 0.5) is 0 Å². The molecule has 0 aromatic heterocycles. The van der Waals surface area contributed by atoms with Gasteiger partial charge in [0.1, 0.15) is 0 Å². The smallest absolute Gasteiger partial charge is 0.0667 e. The van der Waals surface area contributed by atoms with E-state index in [1.54, 1.807) is 0 Å². The Morgan fingerprint density at radius 3 is 2.72 bits per heavy atom. The summed E-state index contributed by atoms with van der Waals surface area (Å²) >= 11 is 12.4. The maximum atomic E-state index is 6.29. The Kier molecular flexibility index (Phi) is 4.28. The number of benzene rings is 1. The summed E-state index contributed by atoms with van der Waals surface area (Å²) in [7, 11) is 2.22. The molecule has 1 aromatic carbocycles. The zero-order chi connectivity index (χ0) is 12.0. The van der Waals surface area contributed by atoms with E-state index in [2.05, 4.69) is 24.1 Å². The molecule has 2 aliphatic rings. The van der Waals surface area contributed by atoms with Gasteiger partial charge in [0.15, 0.2) is 0 Å². The molecule has 0 spiro atoms. The molecule has 2 heterocycles. The van der Waals surface area contributed by atoms with E-state index in [1.807, 2.05) is 12.1 Å². The van der Waals surface area contributed by atoms with Gasteiger partial charge in [-0.05, 0) is 43.5 Å². The van der Waals surface area contributed by atoms with Gasteiger partial charge in [0.2, 0.25) is 0 Å². The minimum atomic E-state index is 0. The van der Waals surface area contributed by atoms with Crippen molar-refractivity contribution >= 4 is 41.2 Å². The van der Waals surface area contributed by atoms with Crippen LogP contribution in [0.1, 0.15) is 24.8 Å². The van der Waals surface area contributed by atoms with Crippen molar-refractivity contribution in [3.8, 4) is 0 Å². The van der Waals surface area contributed by atoms with Gasteiger partial charge in [0, 0.05) is 12.1 Å². The molecular weight excluding hydrogens is 289 g/mol. The van der Waals surface area contributed by atoms with E-state index in [4.69, 9.17) is 23.2 Å². The molecule has 0 radical (unpaired) electrons. The predicted molar refractivity (Wildman–Crippen MR) is 80.9 cm³/mol. The molecule has 2 bridgehead atoms. The summed E-state index contributed by atoms with van der Waals surface area (Å²) in [4.78, 5) is 2.47. The molecule has 0 saturated carbocycles. The number of fused-ring (bicyclic) bond motifs is 2. The van der Waals surface area contributed by atoms with Crippen molar-refractivity contribution in [2.75, 3.05) is 7.05 Å². The van der Waals surface area contributed by atoms with Crippen molar-refractivity contribution in [1.82, 2.24) is 4.90 Å². The van der Waals surface area contributed by atoms with Gasteiger partial charge in [-0.3, -0.25) is 4.90 Å². The fourth-order valence-corrected chi connectivity index (χ4v) is 3.42. The Morgan fingerprint density at radius 1 is 1.22 bits per heavy atom. The molecule has 0 amide bonds. The SMILES string of the molecule is CN1C2C=C(c3cccc(Cl)c3Cl)CC1CC2.Cl. The Morgan fingerprint density at radius 2 is 2.00 bits per heavy atom. The van der Waals surface area contributed by atoms with Crippen LogP contribution in [0.15, 0.2) is 24.3 Å². The van der Waals surface area contributed by atoms with Crippen molar-refractivity contribution in [2.24, 2.45) is 0 Å². The topological polar surface area (TPSA) is 3.24 Å². The first kappa shape index (κ1) is 14.2. The molecule has 1 nitrogen and oxygen atoms in total. The first-order chi connectivity index (χ1) is 8.16. The van der Waals surface area contributed by atoms with E-state index < -0.39 is 0 Å². The van der Waals surface area contributed by atoms with Crippen LogP contribution in [0.5, 0.6) is 0 Å². The molecule has 3 rings (SSSR count). The normalized spacial score (nSPS) is 26.7. The summed E-state index contributed by atoms with van der Waals surface area (Å²) in [6, 6.07) is 7.15. The molecule has 1 aromatic rings. The molecule has 18 heavy (non-hydrogen) atoms. The monoisotopic (exact) mass is 303 g/mol. The van der Waals surface area contributed by atoms with Gasteiger partial charge < -0.3 is 0 Å². The third-order valence-electron chi connectivity index (χ3n) is 4.04. The summed E-state index contributed by atoms with van der Waals surface area (Å²) < 4.78 is 0. The van der Waals surface area contributed by atoms with Crippen LogP contribution in [0.2, 0.25) is 10.0 Å². The standard InChI is InChI=1S/C14H15Cl2N.ClH/c1-17-10-5-6-11(17)8-9(7-10)12-3-2-4-13(15)14(12)16;/h2-4,7,10-11H,5-6,8H2,1H3;1H. The van der Waals surface area contributed by atoms with Crippen molar-refractivity contribution in [2.45, 2.75) is 31.3 Å². The third kappa shape index (κ3) is 2.30. The van der Waals surface area contributed by atoms with Crippen LogP contribution in [-0.4, -0.2) is 24.0 Å². The number of hydrogen-bond acceptors (Lipinski definition) is 1. The van der Waals surface area contributed by atoms with Gasteiger partial charge in [-0.15, -0.1) is 12.4 Å². The average molecular weight is 305 g/mol. The van der Waals surface area contributed by atoms with Gasteiger partial charge in [-0.1, -0.05) is 41.4 Å². The Hall–Kier alpha value is -0.210. The number of likely N-dealkylation sites (N-methyl/N-ethyl adjacent to an activating group) is 1. The molecule has 0 N–H and O–H groups in total. The highest BCUT2D eigenvalue weighted by Gasteiger charge is 2.34. The van der Waals surface area contributed by atoms with Gasteiger partial charge in [-0.25, -0.2) is 0 Å². The average Bonchev–Trinajstić information content (AvgIpc) is 2.54. The molecule has 2 unspecified atom stereocenters. The maximum absolute atomic E-state index is 6.29. The second-order valence-electron chi connectivity index (χ2n) is 4.96. The Balaban J connectivity index is 0.00000120. The van der Waals surface area contributed by atoms with E-state index in [9.17, 15) is 0 Å². The zero-order valence-electron chi connectivity index (χ0n) is 10.2. The number of hydrogen-bond donors (Lipinski definition) is 0.